The zero-order chi connectivity index (χ0) is 24.8. The van der Waals surface area contributed by atoms with E-state index in [0.29, 0.717) is 31.6 Å². The summed E-state index contributed by atoms with van der Waals surface area (Å²) in [5, 5.41) is 9.28. The first-order chi connectivity index (χ1) is 15.8. The van der Waals surface area contributed by atoms with Crippen LogP contribution in [0.25, 0.3) is 0 Å². The smallest absolute Gasteiger partial charge is 0.481 e. The first-order valence-electron chi connectivity index (χ1n) is 10.8. The predicted octanol–water partition coefficient (Wildman–Crippen LogP) is 3.67. The van der Waals surface area contributed by atoms with Gasteiger partial charge < -0.3 is 14.7 Å². The highest BCUT2D eigenvalue weighted by molar-refractivity contribution is 7.89. The molecule has 11 heteroatoms. The van der Waals surface area contributed by atoms with Gasteiger partial charge in [-0.1, -0.05) is 6.07 Å². The van der Waals surface area contributed by atoms with Crippen LogP contribution < -0.4 is 9.64 Å². The van der Waals surface area contributed by atoms with Gasteiger partial charge in [-0.3, -0.25) is 4.79 Å². The number of piperazine rings is 1. The highest BCUT2D eigenvalue weighted by Gasteiger charge is 2.39. The molecule has 0 aromatic heterocycles. The van der Waals surface area contributed by atoms with Crippen LogP contribution in [0.3, 0.4) is 0 Å². The third-order valence-electron chi connectivity index (χ3n) is 6.31. The van der Waals surface area contributed by atoms with E-state index in [-0.39, 0.29) is 10.6 Å². The first-order valence-corrected chi connectivity index (χ1v) is 12.3. The number of halogens is 3. The summed E-state index contributed by atoms with van der Waals surface area (Å²) in [6.45, 7) is 4.29. The van der Waals surface area contributed by atoms with Crippen LogP contribution in [-0.2, 0) is 27.7 Å². The van der Waals surface area contributed by atoms with E-state index < -0.39 is 40.4 Å². The molecule has 1 aliphatic carbocycles. The molecule has 34 heavy (non-hydrogen) atoms. The van der Waals surface area contributed by atoms with Gasteiger partial charge in [0.1, 0.15) is 5.75 Å². The number of ether oxygens (including phenoxy) is 1. The molecule has 0 bridgehead atoms. The van der Waals surface area contributed by atoms with Crippen molar-refractivity contribution in [1.29, 1.82) is 0 Å². The fourth-order valence-electron chi connectivity index (χ4n) is 4.90. The molecule has 1 heterocycles. The Hall–Kier alpha value is -2.79. The molecule has 7 nitrogen and oxygen atoms in total. The van der Waals surface area contributed by atoms with Crippen molar-refractivity contribution in [2.45, 2.75) is 50.0 Å². The van der Waals surface area contributed by atoms with Crippen LogP contribution in [0.2, 0.25) is 0 Å². The molecule has 1 saturated heterocycles. The van der Waals surface area contributed by atoms with Gasteiger partial charge in [0.15, 0.2) is 0 Å². The second-order valence-corrected chi connectivity index (χ2v) is 10.7. The number of rotatable bonds is 5. The van der Waals surface area contributed by atoms with Crippen LogP contribution in [0.5, 0.6) is 5.75 Å². The molecule has 3 atom stereocenters. The number of carbonyl (C=O) groups is 1. The van der Waals surface area contributed by atoms with Crippen molar-refractivity contribution in [3.05, 3.63) is 53.6 Å². The number of carboxylic acid groups (broad SMARTS) is 1. The molecule has 2 aliphatic rings. The normalized spacial score (nSPS) is 23.6. The Morgan fingerprint density at radius 3 is 2.15 bits per heavy atom. The van der Waals surface area contributed by atoms with Crippen molar-refractivity contribution in [2.24, 2.45) is 5.92 Å². The highest BCUT2D eigenvalue weighted by Crippen LogP contribution is 2.33. The van der Waals surface area contributed by atoms with Crippen molar-refractivity contribution >= 4 is 21.7 Å². The minimum atomic E-state index is -4.77. The SMILES string of the molecule is CC1CN(c2ccc(OC(F)(F)F)cc2)CC(C)N1S(=O)(=O)c1ccc2c(c1)CC(C(=O)O)C2. The van der Waals surface area contributed by atoms with Crippen LogP contribution in [0.1, 0.15) is 25.0 Å². The lowest BCUT2D eigenvalue weighted by molar-refractivity contribution is -0.274. The standard InChI is InChI=1S/C23H25F3N2O5S/c1-14-12-27(19-4-6-20(7-5-19)33-23(24,25)26)13-15(2)28(14)34(31,32)21-8-3-16-9-18(22(29)30)10-17(16)11-21/h3-8,11,14-15,18H,9-10,12-13H2,1-2H3,(H,29,30). The van der Waals surface area contributed by atoms with Crippen LogP contribution in [0.15, 0.2) is 47.4 Å². The largest absolute Gasteiger partial charge is 0.573 e. The summed E-state index contributed by atoms with van der Waals surface area (Å²) in [4.78, 5) is 13.4. The Morgan fingerprint density at radius 1 is 1.00 bits per heavy atom. The number of fused-ring (bicyclic) bond motifs is 1. The number of anilines is 1. The maximum Gasteiger partial charge on any atom is 0.573 e. The van der Waals surface area contributed by atoms with Gasteiger partial charge in [-0.05, 0) is 74.2 Å². The summed E-state index contributed by atoms with van der Waals surface area (Å²) in [6, 6.07) is 9.50. The van der Waals surface area contributed by atoms with E-state index in [1.165, 1.54) is 34.6 Å². The van der Waals surface area contributed by atoms with Gasteiger partial charge >= 0.3 is 12.3 Å². The number of carboxylic acids is 1. The highest BCUT2D eigenvalue weighted by atomic mass is 32.2. The summed E-state index contributed by atoms with van der Waals surface area (Å²) in [6.07, 6.45) is -4.07. The molecular formula is C23H25F3N2O5S. The summed E-state index contributed by atoms with van der Waals surface area (Å²) in [5.41, 5.74) is 2.27. The van der Waals surface area contributed by atoms with Gasteiger partial charge in [0.05, 0.1) is 10.8 Å². The summed E-state index contributed by atoms with van der Waals surface area (Å²) in [5.74, 6) is -1.75. The average Bonchev–Trinajstić information content (AvgIpc) is 3.16. The molecule has 184 valence electrons. The zero-order valence-corrected chi connectivity index (χ0v) is 19.4. The third kappa shape index (κ3) is 4.85. The van der Waals surface area contributed by atoms with E-state index in [2.05, 4.69) is 4.74 Å². The van der Waals surface area contributed by atoms with E-state index in [1.807, 2.05) is 4.90 Å². The number of hydrogen-bond acceptors (Lipinski definition) is 5. The minimum absolute atomic E-state index is 0.137. The summed E-state index contributed by atoms with van der Waals surface area (Å²) < 4.78 is 69.6. The molecule has 3 unspecified atom stereocenters. The monoisotopic (exact) mass is 498 g/mol. The molecule has 4 rings (SSSR count). The Labute approximate surface area is 195 Å². The van der Waals surface area contributed by atoms with Crippen LogP contribution in [0, 0.1) is 5.92 Å². The van der Waals surface area contributed by atoms with Gasteiger partial charge in [-0.15, -0.1) is 13.2 Å². The third-order valence-corrected chi connectivity index (χ3v) is 8.43. The Balaban J connectivity index is 1.51. The van der Waals surface area contributed by atoms with Gasteiger partial charge in [-0.25, -0.2) is 8.42 Å². The van der Waals surface area contributed by atoms with Crippen LogP contribution in [-0.4, -0.2) is 55.3 Å². The van der Waals surface area contributed by atoms with Crippen molar-refractivity contribution in [2.75, 3.05) is 18.0 Å². The van der Waals surface area contributed by atoms with Gasteiger partial charge in [0.25, 0.3) is 0 Å². The lowest BCUT2D eigenvalue weighted by atomic mass is 10.1. The van der Waals surface area contributed by atoms with E-state index in [1.54, 1.807) is 26.0 Å². The molecule has 1 N–H and O–H groups in total. The van der Waals surface area contributed by atoms with E-state index in [0.717, 1.165) is 11.1 Å². The molecule has 1 aliphatic heterocycles. The summed E-state index contributed by atoms with van der Waals surface area (Å²) in [7, 11) is -3.84. The van der Waals surface area contributed by atoms with E-state index in [4.69, 9.17) is 0 Å². The fourth-order valence-corrected chi connectivity index (χ4v) is 6.76. The maximum absolute atomic E-state index is 13.5. The van der Waals surface area contributed by atoms with Gasteiger partial charge in [-0.2, -0.15) is 4.31 Å². The number of hydrogen-bond donors (Lipinski definition) is 1. The molecule has 0 radical (unpaired) electrons. The quantitative estimate of drug-likeness (QED) is 0.677. The summed E-state index contributed by atoms with van der Waals surface area (Å²) >= 11 is 0. The lowest BCUT2D eigenvalue weighted by Crippen LogP contribution is -2.58. The molecule has 0 spiro atoms. The van der Waals surface area contributed by atoms with Crippen molar-refractivity contribution in [1.82, 2.24) is 4.31 Å². The molecule has 2 aromatic rings. The number of nitrogens with zero attached hydrogens (tertiary/aromatic N) is 2. The van der Waals surface area contributed by atoms with Crippen molar-refractivity contribution in [3.8, 4) is 5.75 Å². The molecule has 0 amide bonds. The molecular weight excluding hydrogens is 473 g/mol. The average molecular weight is 499 g/mol. The van der Waals surface area contributed by atoms with Gasteiger partial charge in [0, 0.05) is 30.9 Å². The topological polar surface area (TPSA) is 87.2 Å². The van der Waals surface area contributed by atoms with Crippen molar-refractivity contribution in [3.63, 3.8) is 0 Å². The molecule has 1 fully saturated rings. The van der Waals surface area contributed by atoms with Crippen molar-refractivity contribution < 1.29 is 36.2 Å². The lowest BCUT2D eigenvalue weighted by Gasteiger charge is -2.44. The maximum atomic E-state index is 13.5. The molecule has 2 aromatic carbocycles. The second-order valence-electron chi connectivity index (χ2n) is 8.85. The van der Waals surface area contributed by atoms with E-state index in [9.17, 15) is 31.5 Å². The molecule has 0 saturated carbocycles. The van der Waals surface area contributed by atoms with Gasteiger partial charge in [0.2, 0.25) is 10.0 Å². The minimum Gasteiger partial charge on any atom is -0.481 e. The Bertz CT molecular complexity index is 1170. The second kappa shape index (κ2) is 8.77. The first kappa shape index (κ1) is 24.3. The fraction of sp³-hybridized carbons (Fsp3) is 0.435. The predicted molar refractivity (Wildman–Crippen MR) is 118 cm³/mol. The van der Waals surface area contributed by atoms with Crippen LogP contribution >= 0.6 is 0 Å². The Kier molecular flexibility index (Phi) is 6.28. The Morgan fingerprint density at radius 2 is 1.59 bits per heavy atom. The number of sulfonamides is 1. The zero-order valence-electron chi connectivity index (χ0n) is 18.6. The number of aliphatic carboxylic acids is 1. The van der Waals surface area contributed by atoms with Crippen LogP contribution in [0.4, 0.5) is 18.9 Å². The number of benzene rings is 2. The van der Waals surface area contributed by atoms with E-state index >= 15 is 0 Å². The number of alkyl halides is 3.